The van der Waals surface area contributed by atoms with Gasteiger partial charge in [-0.25, -0.2) is 4.98 Å². The van der Waals surface area contributed by atoms with Crippen LogP contribution in [0.25, 0.3) is 0 Å². The molecule has 1 amide bonds. The second-order valence-electron chi connectivity index (χ2n) is 3.96. The zero-order chi connectivity index (χ0) is 15.4. The highest BCUT2D eigenvalue weighted by Crippen LogP contribution is 2.24. The molecule has 0 fully saturated rings. The van der Waals surface area contributed by atoms with E-state index in [4.69, 9.17) is 16.3 Å². The molecule has 108 valence electrons. The van der Waals surface area contributed by atoms with E-state index in [0.29, 0.717) is 11.6 Å². The summed E-state index contributed by atoms with van der Waals surface area (Å²) in [6, 6.07) is 6.91. The molecule has 0 radical (unpaired) electrons. The topological polar surface area (TPSA) is 94.4 Å². The molecule has 0 aliphatic heterocycles. The highest BCUT2D eigenvalue weighted by molar-refractivity contribution is 6.31. The van der Waals surface area contributed by atoms with Gasteiger partial charge in [-0.3, -0.25) is 14.9 Å². The van der Waals surface area contributed by atoms with Crippen molar-refractivity contribution in [2.45, 2.75) is 0 Å². The van der Waals surface area contributed by atoms with Crippen LogP contribution in [0.4, 0.5) is 11.4 Å². The van der Waals surface area contributed by atoms with Crippen LogP contribution in [0.3, 0.4) is 0 Å². The van der Waals surface area contributed by atoms with Gasteiger partial charge in [0.1, 0.15) is 5.56 Å². The first-order valence-corrected chi connectivity index (χ1v) is 6.14. The number of hydrogen-bond acceptors (Lipinski definition) is 5. The molecule has 0 atom stereocenters. The number of nitro groups is 1. The first-order chi connectivity index (χ1) is 10.0. The van der Waals surface area contributed by atoms with Crippen molar-refractivity contribution in [3.8, 4) is 5.88 Å². The van der Waals surface area contributed by atoms with E-state index >= 15 is 0 Å². The molecule has 0 aliphatic rings. The summed E-state index contributed by atoms with van der Waals surface area (Å²) in [4.78, 5) is 26.3. The molecule has 2 aromatic rings. The number of rotatable bonds is 4. The summed E-state index contributed by atoms with van der Waals surface area (Å²) >= 11 is 5.78. The predicted octanol–water partition coefficient (Wildman–Crippen LogP) is 2.90. The summed E-state index contributed by atoms with van der Waals surface area (Å²) in [5.41, 5.74) is -0.0586. The second-order valence-corrected chi connectivity index (χ2v) is 4.40. The maximum absolute atomic E-state index is 12.1. The summed E-state index contributed by atoms with van der Waals surface area (Å²) in [6.07, 6.45) is 1.38. The molecular weight excluding hydrogens is 298 g/mol. The Kier molecular flexibility index (Phi) is 4.34. The smallest absolute Gasteiger partial charge is 0.282 e. The van der Waals surface area contributed by atoms with E-state index in [9.17, 15) is 14.9 Å². The van der Waals surface area contributed by atoms with E-state index < -0.39 is 10.8 Å². The number of halogens is 1. The van der Waals surface area contributed by atoms with Crippen molar-refractivity contribution in [3.63, 3.8) is 0 Å². The number of nitrogens with one attached hydrogen (secondary N) is 1. The van der Waals surface area contributed by atoms with Crippen LogP contribution < -0.4 is 10.1 Å². The molecule has 0 bridgehead atoms. The van der Waals surface area contributed by atoms with Crippen LogP contribution in [-0.4, -0.2) is 22.9 Å². The summed E-state index contributed by atoms with van der Waals surface area (Å²) in [6.45, 7) is 0. The third kappa shape index (κ3) is 3.46. The van der Waals surface area contributed by atoms with Gasteiger partial charge in [-0.1, -0.05) is 11.6 Å². The highest BCUT2D eigenvalue weighted by Gasteiger charge is 2.20. The minimum absolute atomic E-state index is 0.122. The third-order valence-corrected chi connectivity index (χ3v) is 2.84. The van der Waals surface area contributed by atoms with Crippen molar-refractivity contribution in [1.29, 1.82) is 0 Å². The molecule has 0 aliphatic carbocycles. The van der Waals surface area contributed by atoms with Gasteiger partial charge in [0.15, 0.2) is 0 Å². The number of carbonyl (C=O) groups is 1. The van der Waals surface area contributed by atoms with Crippen LogP contribution in [-0.2, 0) is 0 Å². The Morgan fingerprint density at radius 3 is 2.71 bits per heavy atom. The van der Waals surface area contributed by atoms with Gasteiger partial charge in [-0.05, 0) is 18.2 Å². The maximum Gasteiger partial charge on any atom is 0.282 e. The lowest BCUT2D eigenvalue weighted by Gasteiger charge is -2.06. The molecule has 1 aromatic heterocycles. The molecule has 0 unspecified atom stereocenters. The number of aromatic nitrogens is 1. The van der Waals surface area contributed by atoms with Crippen molar-refractivity contribution in [2.24, 2.45) is 0 Å². The maximum atomic E-state index is 12.1. The molecule has 0 spiro atoms. The van der Waals surface area contributed by atoms with Crippen LogP contribution in [0.15, 0.2) is 36.5 Å². The van der Waals surface area contributed by atoms with E-state index in [1.54, 1.807) is 12.1 Å². The molecule has 1 aromatic carbocycles. The van der Waals surface area contributed by atoms with E-state index in [-0.39, 0.29) is 16.3 Å². The Morgan fingerprint density at radius 1 is 1.38 bits per heavy atom. The van der Waals surface area contributed by atoms with Crippen molar-refractivity contribution < 1.29 is 14.5 Å². The third-order valence-electron chi connectivity index (χ3n) is 2.60. The zero-order valence-corrected chi connectivity index (χ0v) is 11.6. The fourth-order valence-corrected chi connectivity index (χ4v) is 1.79. The van der Waals surface area contributed by atoms with E-state index in [1.807, 2.05) is 0 Å². The molecule has 21 heavy (non-hydrogen) atoms. The van der Waals surface area contributed by atoms with Crippen molar-refractivity contribution in [1.82, 2.24) is 4.98 Å². The molecule has 2 rings (SSSR count). The van der Waals surface area contributed by atoms with Crippen molar-refractivity contribution >= 4 is 28.9 Å². The fourth-order valence-electron chi connectivity index (χ4n) is 1.62. The summed E-state index contributed by atoms with van der Waals surface area (Å²) in [5, 5.41) is 13.7. The van der Waals surface area contributed by atoms with E-state index in [0.717, 1.165) is 0 Å². The number of nitrogens with zero attached hydrogens (tertiary/aromatic N) is 2. The van der Waals surface area contributed by atoms with Crippen LogP contribution in [0.2, 0.25) is 5.02 Å². The molecule has 1 N–H and O–H groups in total. The molecule has 7 nitrogen and oxygen atoms in total. The van der Waals surface area contributed by atoms with Gasteiger partial charge in [-0.15, -0.1) is 0 Å². The average Bonchev–Trinajstić information content (AvgIpc) is 2.47. The predicted molar refractivity (Wildman–Crippen MR) is 76.8 cm³/mol. The number of nitro benzene ring substituents is 1. The Bertz CT molecular complexity index is 688. The Labute approximate surface area is 124 Å². The van der Waals surface area contributed by atoms with Crippen LogP contribution in [0.5, 0.6) is 5.88 Å². The highest BCUT2D eigenvalue weighted by atomic mass is 35.5. The number of pyridine rings is 1. The first-order valence-electron chi connectivity index (χ1n) is 5.76. The van der Waals surface area contributed by atoms with E-state index in [2.05, 4.69) is 10.3 Å². The number of hydrogen-bond donors (Lipinski definition) is 1. The quantitative estimate of drug-likeness (QED) is 0.692. The van der Waals surface area contributed by atoms with E-state index in [1.165, 1.54) is 31.5 Å². The van der Waals surface area contributed by atoms with Crippen LogP contribution in [0, 0.1) is 10.1 Å². The Morgan fingerprint density at radius 2 is 2.14 bits per heavy atom. The number of methoxy groups -OCH3 is 1. The van der Waals surface area contributed by atoms with Gasteiger partial charge in [0.05, 0.1) is 23.9 Å². The van der Waals surface area contributed by atoms with Gasteiger partial charge < -0.3 is 10.1 Å². The average molecular weight is 308 g/mol. The summed E-state index contributed by atoms with van der Waals surface area (Å²) in [7, 11) is 1.47. The zero-order valence-electron chi connectivity index (χ0n) is 10.9. The van der Waals surface area contributed by atoms with Gasteiger partial charge in [0.25, 0.3) is 11.6 Å². The second kappa shape index (κ2) is 6.19. The first kappa shape index (κ1) is 14.7. The van der Waals surface area contributed by atoms with Crippen molar-refractivity contribution in [3.05, 3.63) is 57.2 Å². The Balaban J connectivity index is 2.27. The number of ether oxygens (including phenoxy) is 1. The largest absolute Gasteiger partial charge is 0.481 e. The summed E-state index contributed by atoms with van der Waals surface area (Å²) in [5.74, 6) is -0.252. The normalized spacial score (nSPS) is 10.0. The monoisotopic (exact) mass is 307 g/mol. The van der Waals surface area contributed by atoms with Gasteiger partial charge >= 0.3 is 0 Å². The van der Waals surface area contributed by atoms with Gasteiger partial charge in [-0.2, -0.15) is 0 Å². The van der Waals surface area contributed by atoms with Gasteiger partial charge in [0.2, 0.25) is 5.88 Å². The SMILES string of the molecule is COc1ccc(NC(=O)c2cc(Cl)ccc2[N+](=O)[O-])cn1. The molecular formula is C13H10ClN3O4. The van der Waals surface area contributed by atoms with Gasteiger partial charge in [0, 0.05) is 17.2 Å². The molecule has 0 saturated carbocycles. The molecule has 8 heteroatoms. The summed E-state index contributed by atoms with van der Waals surface area (Å²) < 4.78 is 4.89. The van der Waals surface area contributed by atoms with Crippen LogP contribution in [0.1, 0.15) is 10.4 Å². The number of carbonyl (C=O) groups excluding carboxylic acids is 1. The molecule has 0 saturated heterocycles. The number of amides is 1. The lowest BCUT2D eigenvalue weighted by Crippen LogP contribution is -2.14. The molecule has 1 heterocycles. The van der Waals surface area contributed by atoms with Crippen LogP contribution >= 0.6 is 11.6 Å². The lowest BCUT2D eigenvalue weighted by molar-refractivity contribution is -0.385. The minimum Gasteiger partial charge on any atom is -0.481 e. The number of anilines is 1. The Hall–Kier alpha value is -2.67. The van der Waals surface area contributed by atoms with Crippen molar-refractivity contribution in [2.75, 3.05) is 12.4 Å². The fraction of sp³-hybridized carbons (Fsp3) is 0.0769. The number of benzene rings is 1. The lowest BCUT2D eigenvalue weighted by atomic mass is 10.1. The standard InChI is InChI=1S/C13H10ClN3O4/c1-21-12-5-3-9(7-15-12)16-13(18)10-6-8(14)2-4-11(10)17(19)20/h2-7H,1H3,(H,16,18). The minimum atomic E-state index is -0.642.